The van der Waals surface area contributed by atoms with E-state index in [-0.39, 0.29) is 10.1 Å². The summed E-state index contributed by atoms with van der Waals surface area (Å²) in [6, 6.07) is 0.391. The van der Waals surface area contributed by atoms with Gasteiger partial charge in [-0.25, -0.2) is 4.58 Å². The van der Waals surface area contributed by atoms with Crippen molar-refractivity contribution in [2.45, 2.75) is 29.0 Å². The molecule has 0 saturated heterocycles. The predicted octanol–water partition coefficient (Wildman–Crippen LogP) is 1.84. The Bertz CT molecular complexity index is 1130. The predicted molar refractivity (Wildman–Crippen MR) is 99.8 cm³/mol. The maximum atomic E-state index is 11.0. The van der Waals surface area contributed by atoms with E-state index in [1.165, 1.54) is 31.8 Å². The average molecular weight is 399 g/mol. The normalized spacial score (nSPS) is 35.0. The molecule has 1 aromatic rings. The number of fused-ring (bicyclic) bond motifs is 3. The van der Waals surface area contributed by atoms with Gasteiger partial charge in [-0.05, 0) is 39.2 Å². The van der Waals surface area contributed by atoms with Crippen LogP contribution in [0.25, 0.3) is 5.57 Å². The molecule has 6 heteroatoms. The first-order valence-electron chi connectivity index (χ1n) is 8.31. The summed E-state index contributed by atoms with van der Waals surface area (Å²) in [6.07, 6.45) is 8.68. The van der Waals surface area contributed by atoms with Gasteiger partial charge in [-0.15, -0.1) is 11.8 Å². The Balaban J connectivity index is 1.82. The summed E-state index contributed by atoms with van der Waals surface area (Å²) in [4.78, 5) is 4.56. The minimum atomic E-state index is -0.0173. The molecule has 1 aromatic carbocycles. The quantitative estimate of drug-likeness (QED) is 0.517. The zero-order valence-corrected chi connectivity index (χ0v) is 15.0. The van der Waals surface area contributed by atoms with Gasteiger partial charge in [0, 0.05) is 19.1 Å². The van der Waals surface area contributed by atoms with Crippen molar-refractivity contribution in [2.24, 2.45) is 4.99 Å². The summed E-state index contributed by atoms with van der Waals surface area (Å²) in [6.45, 7) is 1.02. The fourth-order valence-electron chi connectivity index (χ4n) is 5.36. The van der Waals surface area contributed by atoms with Crippen LogP contribution in [0.15, 0.2) is 27.2 Å². The third-order valence-electron chi connectivity index (χ3n) is 6.29. The Morgan fingerprint density at radius 2 is 2.38 bits per heavy atom. The van der Waals surface area contributed by atoms with Gasteiger partial charge in [-0.2, -0.15) is 0 Å². The van der Waals surface area contributed by atoms with Crippen molar-refractivity contribution in [3.8, 4) is 5.75 Å². The van der Waals surface area contributed by atoms with Crippen LogP contribution < -0.4 is 20.5 Å². The van der Waals surface area contributed by atoms with Gasteiger partial charge in [0.15, 0.2) is 11.8 Å². The summed E-state index contributed by atoms with van der Waals surface area (Å²) < 4.78 is 3.80. The average Bonchev–Trinajstić information content (AvgIpc) is 3.11. The van der Waals surface area contributed by atoms with Crippen molar-refractivity contribution < 1.29 is 5.11 Å². The van der Waals surface area contributed by atoms with Crippen LogP contribution in [-0.4, -0.2) is 29.3 Å². The van der Waals surface area contributed by atoms with Crippen molar-refractivity contribution in [3.05, 3.63) is 38.3 Å². The molecule has 1 spiro atoms. The first-order valence-corrected chi connectivity index (χ1v) is 9.99. The Labute approximate surface area is 150 Å². The molecule has 7 rings (SSSR count). The zero-order valence-electron chi connectivity index (χ0n) is 12.6. The zero-order chi connectivity index (χ0) is 15.8. The molecule has 3 atom stereocenters. The topological polar surface area (TPSA) is 47.6 Å². The number of allylic oxidation sites excluding steroid dienone is 1. The first-order chi connectivity index (χ1) is 11.7. The summed E-state index contributed by atoms with van der Waals surface area (Å²) in [7, 11) is 0. The Kier molecular flexibility index (Phi) is 1.96. The molecule has 0 aromatic heterocycles. The molecular weight excluding hydrogens is 386 g/mol. The molecule has 5 heterocycles. The van der Waals surface area contributed by atoms with Crippen LogP contribution in [0.2, 0.25) is 0 Å². The van der Waals surface area contributed by atoms with Gasteiger partial charge in [0.05, 0.1) is 31.1 Å². The van der Waals surface area contributed by atoms with Crippen LogP contribution >= 0.6 is 27.7 Å². The maximum absolute atomic E-state index is 11.0. The summed E-state index contributed by atoms with van der Waals surface area (Å²) in [5, 5.41) is 17.2. The standard InChI is InChI=1S/C18H12BrN3OS/c19-9-3-8-4-11-21-15-13-16-12-7(6-20-14(12)17(15)23)1-2-22(16)10(9)5-18(8,13)24-11/h3-4,6,10-11H,1-2,5H2,(H,20,21,23)/p+1/t10?,11?,18-/m1/s1. The number of phenols is 1. The number of hydrogen-bond donors (Lipinski definition) is 2. The van der Waals surface area contributed by atoms with Gasteiger partial charge in [0.25, 0.3) is 0 Å². The van der Waals surface area contributed by atoms with Crippen LogP contribution in [0.3, 0.4) is 0 Å². The minimum Gasteiger partial charge on any atom is -0.504 e. The molecule has 2 N–H and O–H groups in total. The molecule has 24 heavy (non-hydrogen) atoms. The molecule has 2 unspecified atom stereocenters. The number of rotatable bonds is 0. The van der Waals surface area contributed by atoms with E-state index in [1.54, 1.807) is 0 Å². The van der Waals surface area contributed by atoms with E-state index in [0.29, 0.717) is 11.8 Å². The summed E-state index contributed by atoms with van der Waals surface area (Å²) in [5.74, 6) is 0.336. The van der Waals surface area contributed by atoms with E-state index in [4.69, 9.17) is 0 Å². The van der Waals surface area contributed by atoms with Gasteiger partial charge in [-0.1, -0.05) is 0 Å². The number of phenolic OH excluding ortho intramolecular Hbond substituents is 1. The second-order valence-electron chi connectivity index (χ2n) is 7.28. The highest BCUT2D eigenvalue weighted by molar-refractivity contribution is 9.11. The van der Waals surface area contributed by atoms with Gasteiger partial charge in [-0.3, -0.25) is 4.99 Å². The van der Waals surface area contributed by atoms with Gasteiger partial charge < -0.3 is 10.4 Å². The molecule has 0 saturated carbocycles. The highest BCUT2D eigenvalue weighted by Gasteiger charge is 2.59. The van der Waals surface area contributed by atoms with Crippen LogP contribution in [0.4, 0.5) is 11.4 Å². The van der Waals surface area contributed by atoms with Crippen molar-refractivity contribution in [1.82, 2.24) is 4.58 Å². The number of halogens is 1. The monoisotopic (exact) mass is 398 g/mol. The van der Waals surface area contributed by atoms with Crippen LogP contribution in [-0.2, 0) is 4.75 Å². The Morgan fingerprint density at radius 1 is 1.46 bits per heavy atom. The molecule has 4 nitrogen and oxygen atoms in total. The van der Waals surface area contributed by atoms with Gasteiger partial charge >= 0.3 is 0 Å². The lowest BCUT2D eigenvalue weighted by Crippen LogP contribution is -2.60. The second kappa shape index (κ2) is 3.68. The third kappa shape index (κ3) is 1.14. The SMILES string of the molecule is Oc1c2c3c4c5c1N=CC=5CC[N+]=4C1C[C@]34SC(C=C4C=C1Br)N2. The Morgan fingerprint density at radius 3 is 3.29 bits per heavy atom. The minimum absolute atomic E-state index is 0.0173. The molecule has 5 aliphatic heterocycles. The Hall–Kier alpha value is -1.53. The van der Waals surface area contributed by atoms with Gasteiger partial charge in [0.2, 0.25) is 5.36 Å². The van der Waals surface area contributed by atoms with E-state index < -0.39 is 0 Å². The lowest BCUT2D eigenvalue weighted by molar-refractivity contribution is 0.392. The highest BCUT2D eigenvalue weighted by atomic mass is 79.9. The highest BCUT2D eigenvalue weighted by Crippen LogP contribution is 2.63. The number of nitrogens with zero attached hydrogens (tertiary/aromatic N) is 2. The smallest absolute Gasteiger partial charge is 0.217 e. The first kappa shape index (κ1) is 12.8. The molecule has 0 amide bonds. The molecule has 0 fully saturated rings. The van der Waals surface area contributed by atoms with Crippen molar-refractivity contribution in [2.75, 3.05) is 11.9 Å². The molecule has 6 aliphatic rings. The van der Waals surface area contributed by atoms with Crippen molar-refractivity contribution >= 4 is 50.9 Å². The number of anilines is 1. The maximum Gasteiger partial charge on any atom is 0.217 e. The van der Waals surface area contributed by atoms with E-state index >= 15 is 0 Å². The number of aliphatic imine (C=N–C) groups is 1. The lowest BCUT2D eigenvalue weighted by atomic mass is 9.76. The molecule has 1 aliphatic carbocycles. The second-order valence-corrected chi connectivity index (χ2v) is 9.63. The largest absolute Gasteiger partial charge is 0.504 e. The van der Waals surface area contributed by atoms with E-state index in [9.17, 15) is 5.11 Å². The van der Waals surface area contributed by atoms with Crippen LogP contribution in [0.5, 0.6) is 5.75 Å². The van der Waals surface area contributed by atoms with Crippen LogP contribution in [0, 0.1) is 0 Å². The van der Waals surface area contributed by atoms with Crippen LogP contribution in [0.1, 0.15) is 18.4 Å². The van der Waals surface area contributed by atoms with E-state index in [1.807, 2.05) is 18.0 Å². The summed E-state index contributed by atoms with van der Waals surface area (Å²) >= 11 is 5.85. The third-order valence-corrected chi connectivity index (χ3v) is 8.56. The fourth-order valence-corrected chi connectivity index (χ4v) is 7.68. The lowest BCUT2D eigenvalue weighted by Gasteiger charge is -2.44. The molecular formula is C18H13BrN3OS+. The van der Waals surface area contributed by atoms with Crippen molar-refractivity contribution in [3.63, 3.8) is 0 Å². The van der Waals surface area contributed by atoms with Gasteiger partial charge in [0.1, 0.15) is 12.2 Å². The number of thioether (sulfide) groups is 1. The number of aromatic hydroxyl groups is 1. The fraction of sp³-hybridized carbons (Fsp3) is 0.333. The molecule has 0 radical (unpaired) electrons. The summed E-state index contributed by atoms with van der Waals surface area (Å²) in [5.41, 5.74) is 5.63. The molecule has 3 bridgehead atoms. The number of benzene rings is 1. The van der Waals surface area contributed by atoms with E-state index in [2.05, 4.69) is 43.0 Å². The van der Waals surface area contributed by atoms with E-state index in [0.717, 1.165) is 30.8 Å². The van der Waals surface area contributed by atoms with Crippen molar-refractivity contribution in [1.29, 1.82) is 0 Å². The molecule has 118 valence electrons. The number of hydrogen-bond acceptors (Lipinski definition) is 4. The number of nitrogens with one attached hydrogen (secondary N) is 1.